The van der Waals surface area contributed by atoms with Gasteiger partial charge >= 0.3 is 0 Å². The van der Waals surface area contributed by atoms with Crippen molar-refractivity contribution in [1.29, 1.82) is 0 Å². The normalized spacial score (nSPS) is 16.4. The number of rotatable bonds is 2. The molecule has 3 heterocycles. The molecule has 0 bridgehead atoms. The molecular formula is C14H18N4OS. The molecule has 0 atom stereocenters. The third-order valence-corrected chi connectivity index (χ3v) is 4.67. The van der Waals surface area contributed by atoms with Crippen LogP contribution in [0.1, 0.15) is 34.6 Å². The summed E-state index contributed by atoms with van der Waals surface area (Å²) in [7, 11) is 0. The van der Waals surface area contributed by atoms with Gasteiger partial charge in [-0.15, -0.1) is 11.3 Å². The van der Waals surface area contributed by atoms with E-state index in [-0.39, 0.29) is 5.91 Å². The number of aromatic nitrogens is 1. The number of nitrogen functional groups attached to an aromatic ring is 1. The van der Waals surface area contributed by atoms with Crippen LogP contribution in [0.15, 0.2) is 12.1 Å². The van der Waals surface area contributed by atoms with Crippen molar-refractivity contribution in [3.63, 3.8) is 0 Å². The van der Waals surface area contributed by atoms with Crippen molar-refractivity contribution in [2.45, 2.75) is 26.2 Å². The van der Waals surface area contributed by atoms with Crippen molar-refractivity contribution < 1.29 is 4.79 Å². The van der Waals surface area contributed by atoms with Crippen LogP contribution in [-0.2, 0) is 0 Å². The Labute approximate surface area is 121 Å². The molecule has 3 rings (SSSR count). The molecule has 1 aliphatic rings. The van der Waals surface area contributed by atoms with Gasteiger partial charge in [0.05, 0.1) is 5.69 Å². The Kier molecular flexibility index (Phi) is 3.58. The highest BCUT2D eigenvalue weighted by Crippen LogP contribution is 2.32. The number of amides is 1. The number of hydrogen-bond donors (Lipinski definition) is 2. The van der Waals surface area contributed by atoms with E-state index in [2.05, 4.69) is 10.4 Å². The minimum absolute atomic E-state index is 0.120. The fourth-order valence-electron chi connectivity index (χ4n) is 2.46. The van der Waals surface area contributed by atoms with E-state index in [0.717, 1.165) is 41.8 Å². The summed E-state index contributed by atoms with van der Waals surface area (Å²) < 4.78 is 0. The number of carbonyl (C=O) groups is 1. The van der Waals surface area contributed by atoms with Crippen molar-refractivity contribution in [2.75, 3.05) is 18.8 Å². The van der Waals surface area contributed by atoms with E-state index in [4.69, 9.17) is 5.73 Å². The number of aryl methyl sites for hydroxylation is 1. The molecular weight excluding hydrogens is 272 g/mol. The molecule has 1 amide bonds. The number of fused-ring (bicyclic) bond motifs is 1. The third kappa shape index (κ3) is 2.48. The zero-order chi connectivity index (χ0) is 14.1. The van der Waals surface area contributed by atoms with Crippen LogP contribution in [0.2, 0.25) is 0 Å². The average molecular weight is 290 g/mol. The van der Waals surface area contributed by atoms with Gasteiger partial charge in [0.25, 0.3) is 5.91 Å². The van der Waals surface area contributed by atoms with Gasteiger partial charge in [-0.1, -0.05) is 6.42 Å². The third-order valence-electron chi connectivity index (χ3n) is 3.55. The van der Waals surface area contributed by atoms with Gasteiger partial charge in [0.1, 0.15) is 9.71 Å². The maximum atomic E-state index is 12.3. The van der Waals surface area contributed by atoms with E-state index in [0.29, 0.717) is 10.6 Å². The number of pyridine rings is 1. The number of anilines is 1. The Morgan fingerprint density at radius 3 is 2.85 bits per heavy atom. The molecule has 6 heteroatoms. The molecule has 1 aliphatic heterocycles. The number of carbonyl (C=O) groups excluding carboxylic acids is 1. The Morgan fingerprint density at radius 1 is 1.35 bits per heavy atom. The first kappa shape index (κ1) is 13.3. The smallest absolute Gasteiger partial charge is 0.277 e. The maximum absolute atomic E-state index is 12.3. The minimum Gasteiger partial charge on any atom is -0.397 e. The van der Waals surface area contributed by atoms with Crippen LogP contribution >= 0.6 is 11.3 Å². The highest BCUT2D eigenvalue weighted by Gasteiger charge is 2.20. The maximum Gasteiger partial charge on any atom is 0.277 e. The molecule has 1 saturated heterocycles. The Bertz CT molecular complexity index is 646. The molecule has 0 aromatic carbocycles. The molecule has 0 unspecified atom stereocenters. The number of piperidine rings is 1. The molecule has 3 N–H and O–H groups in total. The lowest BCUT2D eigenvalue weighted by Crippen LogP contribution is -2.44. The Morgan fingerprint density at radius 2 is 2.10 bits per heavy atom. The summed E-state index contributed by atoms with van der Waals surface area (Å²) in [5.41, 5.74) is 10.5. The molecule has 0 aliphatic carbocycles. The zero-order valence-corrected chi connectivity index (χ0v) is 12.3. The minimum atomic E-state index is -0.120. The van der Waals surface area contributed by atoms with E-state index in [1.165, 1.54) is 17.8 Å². The number of thiophene rings is 1. The Hall–Kier alpha value is -1.66. The van der Waals surface area contributed by atoms with Crippen LogP contribution in [0.3, 0.4) is 0 Å². The van der Waals surface area contributed by atoms with Crippen molar-refractivity contribution in [2.24, 2.45) is 0 Å². The van der Waals surface area contributed by atoms with Crippen LogP contribution in [0.4, 0.5) is 5.69 Å². The van der Waals surface area contributed by atoms with Crippen LogP contribution in [0.25, 0.3) is 10.2 Å². The monoisotopic (exact) mass is 290 g/mol. The predicted octanol–water partition coefficient (Wildman–Crippen LogP) is 2.32. The largest absolute Gasteiger partial charge is 0.397 e. The summed E-state index contributed by atoms with van der Waals surface area (Å²) in [4.78, 5) is 18.2. The highest BCUT2D eigenvalue weighted by atomic mass is 32.1. The lowest BCUT2D eigenvalue weighted by Gasteiger charge is -2.26. The van der Waals surface area contributed by atoms with Gasteiger partial charge in [-0.25, -0.2) is 9.99 Å². The molecule has 20 heavy (non-hydrogen) atoms. The molecule has 5 nitrogen and oxygen atoms in total. The lowest BCUT2D eigenvalue weighted by atomic mass is 10.2. The summed E-state index contributed by atoms with van der Waals surface area (Å²) in [5, 5.41) is 2.85. The molecule has 2 aromatic heterocycles. The first-order valence-electron chi connectivity index (χ1n) is 6.87. The lowest BCUT2D eigenvalue weighted by molar-refractivity contribution is 0.0755. The van der Waals surface area contributed by atoms with E-state index in [1.807, 2.05) is 24.1 Å². The quantitative estimate of drug-likeness (QED) is 0.890. The second kappa shape index (κ2) is 5.38. The van der Waals surface area contributed by atoms with E-state index in [1.54, 1.807) is 0 Å². The van der Waals surface area contributed by atoms with E-state index >= 15 is 0 Å². The zero-order valence-electron chi connectivity index (χ0n) is 11.5. The van der Waals surface area contributed by atoms with Crippen LogP contribution in [-0.4, -0.2) is 29.0 Å². The van der Waals surface area contributed by atoms with Crippen molar-refractivity contribution in [3.05, 3.63) is 22.7 Å². The summed E-state index contributed by atoms with van der Waals surface area (Å²) in [5.74, 6) is -0.120. The molecule has 2 aromatic rings. The number of hydrogen-bond acceptors (Lipinski definition) is 5. The van der Waals surface area contributed by atoms with Gasteiger partial charge in [0.2, 0.25) is 0 Å². The van der Waals surface area contributed by atoms with Crippen LogP contribution < -0.4 is 11.2 Å². The Balaban J connectivity index is 1.85. The van der Waals surface area contributed by atoms with E-state index < -0.39 is 0 Å². The number of nitrogens with two attached hydrogens (primary N) is 1. The summed E-state index contributed by atoms with van der Waals surface area (Å²) in [6.45, 7) is 3.75. The number of nitrogens with one attached hydrogen (secondary N) is 1. The molecule has 0 radical (unpaired) electrons. The predicted molar refractivity (Wildman–Crippen MR) is 81.7 cm³/mol. The molecule has 0 spiro atoms. The molecule has 106 valence electrons. The molecule has 1 fully saturated rings. The van der Waals surface area contributed by atoms with Gasteiger partial charge in [-0.3, -0.25) is 10.2 Å². The first-order valence-corrected chi connectivity index (χ1v) is 7.68. The standard InChI is InChI=1S/C14H18N4OS/c1-9-5-6-10-11(15)12(20-14(10)16-9)13(19)17-18-7-3-2-4-8-18/h5-6H,2-4,7-8,15H2,1H3,(H,17,19). The van der Waals surface area contributed by atoms with Gasteiger partial charge in [-0.2, -0.15) is 0 Å². The highest BCUT2D eigenvalue weighted by molar-refractivity contribution is 7.21. The average Bonchev–Trinajstić information content (AvgIpc) is 2.76. The van der Waals surface area contributed by atoms with Crippen LogP contribution in [0.5, 0.6) is 0 Å². The van der Waals surface area contributed by atoms with Crippen LogP contribution in [0, 0.1) is 6.92 Å². The fraction of sp³-hybridized carbons (Fsp3) is 0.429. The number of nitrogens with zero attached hydrogens (tertiary/aromatic N) is 2. The molecule has 0 saturated carbocycles. The SMILES string of the molecule is Cc1ccc2c(N)c(C(=O)NN3CCCCC3)sc2n1. The summed E-state index contributed by atoms with van der Waals surface area (Å²) in [6, 6.07) is 3.85. The topological polar surface area (TPSA) is 71.2 Å². The number of hydrazine groups is 1. The second-order valence-corrected chi connectivity index (χ2v) is 6.14. The van der Waals surface area contributed by atoms with Gasteiger partial charge in [-0.05, 0) is 31.9 Å². The van der Waals surface area contributed by atoms with Crippen molar-refractivity contribution in [1.82, 2.24) is 15.4 Å². The fourth-order valence-corrected chi connectivity index (χ4v) is 3.49. The first-order chi connectivity index (χ1) is 9.65. The summed E-state index contributed by atoms with van der Waals surface area (Å²) >= 11 is 1.36. The second-order valence-electron chi connectivity index (χ2n) is 5.14. The summed E-state index contributed by atoms with van der Waals surface area (Å²) in [6.07, 6.45) is 3.49. The van der Waals surface area contributed by atoms with Crippen molar-refractivity contribution in [3.8, 4) is 0 Å². The van der Waals surface area contributed by atoms with Crippen molar-refractivity contribution >= 4 is 33.1 Å². The van der Waals surface area contributed by atoms with E-state index in [9.17, 15) is 4.79 Å². The van der Waals surface area contributed by atoms with Gasteiger partial charge in [0, 0.05) is 24.2 Å². The van der Waals surface area contributed by atoms with Gasteiger partial charge < -0.3 is 5.73 Å². The van der Waals surface area contributed by atoms with Gasteiger partial charge in [0.15, 0.2) is 0 Å².